The van der Waals surface area contributed by atoms with Crippen LogP contribution in [0.5, 0.6) is 5.75 Å². The summed E-state index contributed by atoms with van der Waals surface area (Å²) in [6.45, 7) is 3.81. The van der Waals surface area contributed by atoms with E-state index in [2.05, 4.69) is 23.6 Å². The molecule has 3 atom stereocenters. The molecule has 4 nitrogen and oxygen atoms in total. The van der Waals surface area contributed by atoms with Crippen molar-refractivity contribution in [3.05, 3.63) is 29.8 Å². The Hall–Kier alpha value is -1.26. The van der Waals surface area contributed by atoms with Crippen LogP contribution in [0.25, 0.3) is 0 Å². The molecule has 1 fully saturated rings. The summed E-state index contributed by atoms with van der Waals surface area (Å²) in [6, 6.07) is 8.57. The van der Waals surface area contributed by atoms with Gasteiger partial charge in [-0.15, -0.1) is 12.4 Å². The lowest BCUT2D eigenvalue weighted by atomic mass is 9.91. The molecule has 2 aliphatic rings. The maximum absolute atomic E-state index is 12.6. The van der Waals surface area contributed by atoms with Crippen LogP contribution in [0.3, 0.4) is 0 Å². The first kappa shape index (κ1) is 17.1. The monoisotopic (exact) mass is 324 g/mol. The van der Waals surface area contributed by atoms with Crippen LogP contribution in [0, 0.1) is 5.92 Å². The van der Waals surface area contributed by atoms with E-state index in [1.807, 2.05) is 18.2 Å². The van der Waals surface area contributed by atoms with Crippen molar-refractivity contribution in [2.24, 2.45) is 5.92 Å². The number of carbonyl (C=O) groups is 1. The number of benzene rings is 1. The third-order valence-electron chi connectivity index (χ3n) is 4.50. The van der Waals surface area contributed by atoms with Gasteiger partial charge in [0, 0.05) is 17.5 Å². The van der Waals surface area contributed by atoms with E-state index in [0.717, 1.165) is 50.1 Å². The highest BCUT2D eigenvalue weighted by Gasteiger charge is 2.28. The van der Waals surface area contributed by atoms with Crippen LogP contribution < -0.4 is 15.4 Å². The maximum atomic E-state index is 12.6. The molecule has 1 aromatic carbocycles. The van der Waals surface area contributed by atoms with Gasteiger partial charge in [-0.1, -0.05) is 18.2 Å². The van der Waals surface area contributed by atoms with Crippen molar-refractivity contribution in [2.45, 2.75) is 44.7 Å². The summed E-state index contributed by atoms with van der Waals surface area (Å²) >= 11 is 0. The predicted octanol–water partition coefficient (Wildman–Crippen LogP) is 2.83. The number of rotatable bonds is 2. The molecule has 3 rings (SSSR count). The van der Waals surface area contributed by atoms with Crippen LogP contribution in [0.4, 0.5) is 0 Å². The number of fused-ring (bicyclic) bond motifs is 1. The molecule has 2 N–H and O–H groups in total. The highest BCUT2D eigenvalue weighted by molar-refractivity contribution is 5.85. The Morgan fingerprint density at radius 3 is 2.95 bits per heavy atom. The van der Waals surface area contributed by atoms with Gasteiger partial charge in [-0.05, 0) is 45.2 Å². The van der Waals surface area contributed by atoms with Crippen LogP contribution in [0.1, 0.15) is 44.2 Å². The normalized spacial score (nSPS) is 27.6. The Labute approximate surface area is 138 Å². The van der Waals surface area contributed by atoms with Crippen LogP contribution in [-0.4, -0.2) is 25.1 Å². The standard InChI is InChI=1S/C17H24N2O2.ClH/c1-12-11-13(8-9-18-12)17(20)19-15-6-4-10-21-16-7-3-2-5-14(15)16;/h2-3,5,7,12-13,15,18H,4,6,8-11H2,1H3,(H,19,20);1H/t12-,13-,15?;/m0./s1. The van der Waals surface area contributed by atoms with Crippen LogP contribution in [0.2, 0.25) is 0 Å². The van der Waals surface area contributed by atoms with Crippen molar-refractivity contribution >= 4 is 18.3 Å². The Kier molecular flexibility index (Phi) is 6.09. The zero-order valence-corrected chi connectivity index (χ0v) is 13.8. The van der Waals surface area contributed by atoms with E-state index in [0.29, 0.717) is 6.04 Å². The van der Waals surface area contributed by atoms with Crippen molar-refractivity contribution in [2.75, 3.05) is 13.2 Å². The van der Waals surface area contributed by atoms with Gasteiger partial charge < -0.3 is 15.4 Å². The van der Waals surface area contributed by atoms with Gasteiger partial charge >= 0.3 is 0 Å². The van der Waals surface area contributed by atoms with Gasteiger partial charge in [0.15, 0.2) is 0 Å². The first-order valence-electron chi connectivity index (χ1n) is 7.99. The lowest BCUT2D eigenvalue weighted by molar-refractivity contribution is -0.126. The van der Waals surface area contributed by atoms with Crippen molar-refractivity contribution < 1.29 is 9.53 Å². The van der Waals surface area contributed by atoms with Gasteiger partial charge in [0.2, 0.25) is 5.91 Å². The molecule has 1 amide bonds. The van der Waals surface area contributed by atoms with Gasteiger partial charge in [0.25, 0.3) is 0 Å². The highest BCUT2D eigenvalue weighted by Crippen LogP contribution is 2.31. The number of piperidine rings is 1. The molecular weight excluding hydrogens is 300 g/mol. The second-order valence-electron chi connectivity index (χ2n) is 6.17. The molecule has 1 aromatic rings. The van der Waals surface area contributed by atoms with Crippen LogP contribution in [0.15, 0.2) is 24.3 Å². The molecule has 122 valence electrons. The number of carbonyl (C=O) groups excluding carboxylic acids is 1. The van der Waals surface area contributed by atoms with Gasteiger partial charge in [-0.3, -0.25) is 4.79 Å². The smallest absolute Gasteiger partial charge is 0.223 e. The minimum Gasteiger partial charge on any atom is -0.493 e. The number of amides is 1. The average Bonchev–Trinajstić information content (AvgIpc) is 2.70. The zero-order valence-electron chi connectivity index (χ0n) is 13.0. The fraction of sp³-hybridized carbons (Fsp3) is 0.588. The largest absolute Gasteiger partial charge is 0.493 e. The fourth-order valence-electron chi connectivity index (χ4n) is 3.33. The minimum atomic E-state index is 0. The molecular formula is C17H25ClN2O2. The summed E-state index contributed by atoms with van der Waals surface area (Å²) in [7, 11) is 0. The Bertz CT molecular complexity index is 509. The lowest BCUT2D eigenvalue weighted by Crippen LogP contribution is -2.43. The molecule has 1 unspecified atom stereocenters. The summed E-state index contributed by atoms with van der Waals surface area (Å²) in [5, 5.41) is 6.65. The molecule has 0 radical (unpaired) electrons. The number of ether oxygens (including phenoxy) is 1. The predicted molar refractivity (Wildman–Crippen MR) is 89.5 cm³/mol. The van der Waals surface area contributed by atoms with Crippen molar-refractivity contribution in [3.63, 3.8) is 0 Å². The SMILES string of the molecule is C[C@H]1C[C@@H](C(=O)NC2CCCOc3ccccc32)CCN1.Cl. The molecule has 5 heteroatoms. The minimum absolute atomic E-state index is 0. The summed E-state index contributed by atoms with van der Waals surface area (Å²) in [6.07, 6.45) is 3.78. The van der Waals surface area contributed by atoms with E-state index < -0.39 is 0 Å². The number of hydrogen-bond acceptors (Lipinski definition) is 3. The zero-order chi connectivity index (χ0) is 14.7. The summed E-state index contributed by atoms with van der Waals surface area (Å²) in [5.74, 6) is 1.25. The molecule has 0 aromatic heterocycles. The molecule has 2 aliphatic heterocycles. The molecule has 2 heterocycles. The molecule has 22 heavy (non-hydrogen) atoms. The van der Waals surface area contributed by atoms with E-state index >= 15 is 0 Å². The van der Waals surface area contributed by atoms with Gasteiger partial charge in [-0.2, -0.15) is 0 Å². The van der Waals surface area contributed by atoms with E-state index in [1.54, 1.807) is 0 Å². The Morgan fingerprint density at radius 1 is 1.32 bits per heavy atom. The molecule has 1 saturated heterocycles. The molecule has 0 spiro atoms. The van der Waals surface area contributed by atoms with Crippen molar-refractivity contribution in [1.29, 1.82) is 0 Å². The summed E-state index contributed by atoms with van der Waals surface area (Å²) in [4.78, 5) is 12.6. The number of hydrogen-bond donors (Lipinski definition) is 2. The third-order valence-corrected chi connectivity index (χ3v) is 4.50. The topological polar surface area (TPSA) is 50.4 Å². The van der Waals surface area contributed by atoms with E-state index in [9.17, 15) is 4.79 Å². The fourth-order valence-corrected chi connectivity index (χ4v) is 3.33. The number of halogens is 1. The van der Waals surface area contributed by atoms with Crippen LogP contribution in [-0.2, 0) is 4.79 Å². The van der Waals surface area contributed by atoms with E-state index in [-0.39, 0.29) is 30.3 Å². The van der Waals surface area contributed by atoms with Gasteiger partial charge in [-0.25, -0.2) is 0 Å². The quantitative estimate of drug-likeness (QED) is 0.879. The van der Waals surface area contributed by atoms with Crippen molar-refractivity contribution in [1.82, 2.24) is 10.6 Å². The first-order chi connectivity index (χ1) is 10.2. The molecule has 0 aliphatic carbocycles. The van der Waals surface area contributed by atoms with Gasteiger partial charge in [0.1, 0.15) is 5.75 Å². The average molecular weight is 325 g/mol. The second kappa shape index (κ2) is 7.84. The van der Waals surface area contributed by atoms with Crippen molar-refractivity contribution in [3.8, 4) is 5.75 Å². The lowest BCUT2D eigenvalue weighted by Gasteiger charge is -2.29. The number of nitrogens with one attached hydrogen (secondary N) is 2. The van der Waals surface area contributed by atoms with E-state index in [1.165, 1.54) is 0 Å². The maximum Gasteiger partial charge on any atom is 0.223 e. The first-order valence-corrected chi connectivity index (χ1v) is 7.99. The third kappa shape index (κ3) is 3.93. The Balaban J connectivity index is 0.00000176. The summed E-state index contributed by atoms with van der Waals surface area (Å²) in [5.41, 5.74) is 1.12. The molecule has 0 bridgehead atoms. The van der Waals surface area contributed by atoms with Gasteiger partial charge in [0.05, 0.1) is 12.6 Å². The molecule has 0 saturated carbocycles. The van der Waals surface area contributed by atoms with Crippen LogP contribution >= 0.6 is 12.4 Å². The highest BCUT2D eigenvalue weighted by atomic mass is 35.5. The second-order valence-corrected chi connectivity index (χ2v) is 6.17. The number of para-hydroxylation sites is 1. The summed E-state index contributed by atoms with van der Waals surface area (Å²) < 4.78 is 5.76. The van der Waals surface area contributed by atoms with E-state index in [4.69, 9.17) is 4.74 Å². The Morgan fingerprint density at radius 2 is 2.14 bits per heavy atom.